The molecular formula is C11H18O2. The maximum Gasteiger partial charge on any atom is 0.302 e. The fourth-order valence-corrected chi connectivity index (χ4v) is 2.12. The number of rotatable bonds is 2. The predicted octanol–water partition coefficient (Wildman–Crippen LogP) is 2.54. The van der Waals surface area contributed by atoms with Crippen LogP contribution in [0.5, 0.6) is 0 Å². The Morgan fingerprint density at radius 3 is 2.31 bits per heavy atom. The standard InChI is InChI=1S/C11H18O2/c1-7(2)9-6-10(11(9,4)5)13-8(3)12/h9-10H,1,6H2,2-5H3. The summed E-state index contributed by atoms with van der Waals surface area (Å²) in [5.74, 6) is 0.315. The Morgan fingerprint density at radius 2 is 2.00 bits per heavy atom. The van der Waals surface area contributed by atoms with Crippen LogP contribution in [0.1, 0.15) is 34.1 Å². The molecule has 0 aromatic rings. The second-order valence-corrected chi connectivity index (χ2v) is 4.55. The minimum absolute atomic E-state index is 0.0670. The lowest BCUT2D eigenvalue weighted by atomic mass is 9.58. The van der Waals surface area contributed by atoms with Crippen molar-refractivity contribution in [2.75, 3.05) is 0 Å². The van der Waals surface area contributed by atoms with E-state index in [1.807, 2.05) is 6.92 Å². The molecule has 2 atom stereocenters. The number of carbonyl (C=O) groups is 1. The first-order valence-electron chi connectivity index (χ1n) is 4.68. The zero-order chi connectivity index (χ0) is 10.2. The summed E-state index contributed by atoms with van der Waals surface area (Å²) in [6.45, 7) is 11.7. The van der Waals surface area contributed by atoms with E-state index in [4.69, 9.17) is 4.74 Å². The average molecular weight is 182 g/mol. The lowest BCUT2D eigenvalue weighted by Gasteiger charge is -2.51. The summed E-state index contributed by atoms with van der Waals surface area (Å²) in [5, 5.41) is 0. The fourth-order valence-electron chi connectivity index (χ4n) is 2.12. The smallest absolute Gasteiger partial charge is 0.302 e. The van der Waals surface area contributed by atoms with Crippen molar-refractivity contribution in [3.63, 3.8) is 0 Å². The number of ether oxygens (including phenoxy) is 1. The largest absolute Gasteiger partial charge is 0.462 e. The van der Waals surface area contributed by atoms with Gasteiger partial charge in [0, 0.05) is 12.3 Å². The highest BCUT2D eigenvalue weighted by molar-refractivity contribution is 5.66. The summed E-state index contributed by atoms with van der Waals surface area (Å²) in [5.41, 5.74) is 1.26. The van der Waals surface area contributed by atoms with Crippen molar-refractivity contribution in [2.45, 2.75) is 40.2 Å². The molecule has 13 heavy (non-hydrogen) atoms. The van der Waals surface area contributed by atoms with E-state index in [-0.39, 0.29) is 17.5 Å². The highest BCUT2D eigenvalue weighted by Gasteiger charge is 2.50. The molecule has 2 unspecified atom stereocenters. The molecule has 0 aromatic carbocycles. The number of hydrogen-bond donors (Lipinski definition) is 0. The normalized spacial score (nSPS) is 30.5. The van der Waals surface area contributed by atoms with Crippen LogP contribution in [0.25, 0.3) is 0 Å². The Hall–Kier alpha value is -0.790. The summed E-state index contributed by atoms with van der Waals surface area (Å²) in [6, 6.07) is 0. The van der Waals surface area contributed by atoms with E-state index in [0.717, 1.165) is 6.42 Å². The molecule has 1 rings (SSSR count). The SMILES string of the molecule is C=C(C)C1CC(OC(C)=O)C1(C)C. The van der Waals surface area contributed by atoms with Crippen LogP contribution < -0.4 is 0 Å². The van der Waals surface area contributed by atoms with Gasteiger partial charge >= 0.3 is 5.97 Å². The zero-order valence-corrected chi connectivity index (χ0v) is 8.89. The maximum absolute atomic E-state index is 10.8. The lowest BCUT2D eigenvalue weighted by Crippen LogP contribution is -2.51. The van der Waals surface area contributed by atoms with Gasteiger partial charge in [0.05, 0.1) is 0 Å². The van der Waals surface area contributed by atoms with Crippen molar-refractivity contribution in [2.24, 2.45) is 11.3 Å². The van der Waals surface area contributed by atoms with Crippen LogP contribution >= 0.6 is 0 Å². The van der Waals surface area contributed by atoms with Gasteiger partial charge in [0.2, 0.25) is 0 Å². The summed E-state index contributed by atoms with van der Waals surface area (Å²) >= 11 is 0. The number of hydrogen-bond acceptors (Lipinski definition) is 2. The molecule has 0 saturated heterocycles. The van der Waals surface area contributed by atoms with Gasteiger partial charge in [-0.15, -0.1) is 0 Å². The van der Waals surface area contributed by atoms with Gasteiger partial charge < -0.3 is 4.74 Å². The minimum atomic E-state index is -0.182. The van der Waals surface area contributed by atoms with E-state index in [1.54, 1.807) is 0 Å². The Balaban J connectivity index is 2.59. The predicted molar refractivity (Wildman–Crippen MR) is 52.3 cm³/mol. The molecule has 74 valence electrons. The second kappa shape index (κ2) is 3.17. The van der Waals surface area contributed by atoms with Gasteiger partial charge in [0.15, 0.2) is 0 Å². The molecule has 1 saturated carbocycles. The molecule has 0 spiro atoms. The molecular weight excluding hydrogens is 164 g/mol. The lowest BCUT2D eigenvalue weighted by molar-refractivity contribution is -0.170. The molecule has 0 N–H and O–H groups in total. The molecule has 2 nitrogen and oxygen atoms in total. The molecule has 1 aliphatic carbocycles. The van der Waals surface area contributed by atoms with E-state index in [9.17, 15) is 4.79 Å². The summed E-state index contributed by atoms with van der Waals surface area (Å²) < 4.78 is 5.20. The third-order valence-corrected chi connectivity index (χ3v) is 3.08. The third-order valence-electron chi connectivity index (χ3n) is 3.08. The number of allylic oxidation sites excluding steroid dienone is 1. The molecule has 1 fully saturated rings. The van der Waals surface area contributed by atoms with Gasteiger partial charge in [-0.2, -0.15) is 0 Å². The van der Waals surface area contributed by atoms with Crippen molar-refractivity contribution in [1.82, 2.24) is 0 Å². The Morgan fingerprint density at radius 1 is 1.46 bits per heavy atom. The Labute approximate surface area is 80.0 Å². The first-order valence-corrected chi connectivity index (χ1v) is 4.68. The quantitative estimate of drug-likeness (QED) is 0.484. The molecule has 0 amide bonds. The van der Waals surface area contributed by atoms with Crippen LogP contribution in [0.3, 0.4) is 0 Å². The van der Waals surface area contributed by atoms with E-state index >= 15 is 0 Å². The average Bonchev–Trinajstić information content (AvgIpc) is 1.96. The van der Waals surface area contributed by atoms with Crippen LogP contribution in [-0.4, -0.2) is 12.1 Å². The first-order chi connectivity index (χ1) is 5.85. The highest BCUT2D eigenvalue weighted by Crippen LogP contribution is 2.51. The van der Waals surface area contributed by atoms with Gasteiger partial charge in [0.25, 0.3) is 0 Å². The molecule has 0 heterocycles. The van der Waals surface area contributed by atoms with Crippen LogP contribution in [0.15, 0.2) is 12.2 Å². The van der Waals surface area contributed by atoms with Gasteiger partial charge in [0.1, 0.15) is 6.10 Å². The molecule has 0 aliphatic heterocycles. The number of esters is 1. The maximum atomic E-state index is 10.8. The molecule has 2 heteroatoms. The van der Waals surface area contributed by atoms with E-state index in [0.29, 0.717) is 5.92 Å². The van der Waals surface area contributed by atoms with Gasteiger partial charge in [-0.1, -0.05) is 26.0 Å². The van der Waals surface area contributed by atoms with Gasteiger partial charge in [-0.05, 0) is 19.3 Å². The van der Waals surface area contributed by atoms with E-state index in [2.05, 4.69) is 20.4 Å². The van der Waals surface area contributed by atoms with Crippen molar-refractivity contribution >= 4 is 5.97 Å². The molecule has 0 aromatic heterocycles. The van der Waals surface area contributed by atoms with Crippen molar-refractivity contribution < 1.29 is 9.53 Å². The van der Waals surface area contributed by atoms with Crippen LogP contribution in [0.4, 0.5) is 0 Å². The van der Waals surface area contributed by atoms with Crippen LogP contribution in [0, 0.1) is 11.3 Å². The van der Waals surface area contributed by atoms with Crippen LogP contribution in [0.2, 0.25) is 0 Å². The Kier molecular flexibility index (Phi) is 2.51. The summed E-state index contributed by atoms with van der Waals surface area (Å²) in [7, 11) is 0. The number of carbonyl (C=O) groups excluding carboxylic acids is 1. The molecule has 0 radical (unpaired) electrons. The summed E-state index contributed by atoms with van der Waals surface area (Å²) in [6.07, 6.45) is 1.01. The summed E-state index contributed by atoms with van der Waals surface area (Å²) in [4.78, 5) is 10.8. The highest BCUT2D eigenvalue weighted by atomic mass is 16.5. The monoisotopic (exact) mass is 182 g/mol. The van der Waals surface area contributed by atoms with E-state index < -0.39 is 0 Å². The minimum Gasteiger partial charge on any atom is -0.462 e. The first kappa shape index (κ1) is 10.3. The third kappa shape index (κ3) is 1.77. The fraction of sp³-hybridized carbons (Fsp3) is 0.727. The van der Waals surface area contributed by atoms with Crippen molar-refractivity contribution in [1.29, 1.82) is 0 Å². The van der Waals surface area contributed by atoms with Gasteiger partial charge in [-0.25, -0.2) is 0 Å². The zero-order valence-electron chi connectivity index (χ0n) is 8.89. The Bertz CT molecular complexity index is 240. The molecule has 0 bridgehead atoms. The van der Waals surface area contributed by atoms with Crippen molar-refractivity contribution in [3.8, 4) is 0 Å². The molecule has 1 aliphatic rings. The second-order valence-electron chi connectivity index (χ2n) is 4.55. The topological polar surface area (TPSA) is 26.3 Å². The van der Waals surface area contributed by atoms with Crippen molar-refractivity contribution in [3.05, 3.63) is 12.2 Å². The van der Waals surface area contributed by atoms with Crippen LogP contribution in [-0.2, 0) is 9.53 Å². The van der Waals surface area contributed by atoms with E-state index in [1.165, 1.54) is 12.5 Å². The van der Waals surface area contributed by atoms with Gasteiger partial charge in [-0.3, -0.25) is 4.79 Å².